The Labute approximate surface area is 165 Å². The first-order valence-electron chi connectivity index (χ1n) is 9.08. The molecule has 0 aliphatic heterocycles. The number of para-hydroxylation sites is 2. The van der Waals surface area contributed by atoms with E-state index in [0.29, 0.717) is 38.5 Å². The minimum atomic E-state index is -0.156. The Morgan fingerprint density at radius 2 is 1.79 bits per heavy atom. The van der Waals surface area contributed by atoms with E-state index in [2.05, 4.69) is 15.0 Å². The fourth-order valence-electron chi connectivity index (χ4n) is 3.24. The number of nitrogens with one attached hydrogen (secondary N) is 1. The lowest BCUT2D eigenvalue weighted by Gasteiger charge is -2.16. The number of rotatable bonds is 4. The quantitative estimate of drug-likeness (QED) is 0.422. The maximum atomic E-state index is 12.9. The summed E-state index contributed by atoms with van der Waals surface area (Å²) in [6, 6.07) is 12.9. The topological polar surface area (TPSA) is 80.6 Å². The van der Waals surface area contributed by atoms with Crippen LogP contribution in [0.2, 0.25) is 0 Å². The molecule has 0 saturated carbocycles. The number of nitrogens with zero attached hydrogens (tertiary/aromatic N) is 3. The van der Waals surface area contributed by atoms with Gasteiger partial charge in [-0.3, -0.25) is 14.2 Å². The summed E-state index contributed by atoms with van der Waals surface area (Å²) >= 11 is 1.40. The van der Waals surface area contributed by atoms with E-state index in [1.165, 1.54) is 11.8 Å². The number of aryl methyl sites for hydroxylation is 1. The average Bonchev–Trinajstić information content (AvgIpc) is 2.67. The number of hydrogen-bond acceptors (Lipinski definition) is 5. The summed E-state index contributed by atoms with van der Waals surface area (Å²) in [5.41, 5.74) is 2.12. The van der Waals surface area contributed by atoms with Crippen LogP contribution in [0.25, 0.3) is 21.8 Å². The number of hydrogen-bond donors (Lipinski definition) is 1. The number of aromatic nitrogens is 4. The smallest absolute Gasteiger partial charge is 0.262 e. The van der Waals surface area contributed by atoms with Gasteiger partial charge in [-0.05, 0) is 44.5 Å². The van der Waals surface area contributed by atoms with Gasteiger partial charge in [-0.1, -0.05) is 36.0 Å². The first-order chi connectivity index (χ1) is 13.5. The van der Waals surface area contributed by atoms with E-state index >= 15 is 0 Å². The van der Waals surface area contributed by atoms with E-state index in [1.54, 1.807) is 16.7 Å². The Balaban J connectivity index is 1.76. The third kappa shape index (κ3) is 3.22. The molecule has 0 fully saturated rings. The van der Waals surface area contributed by atoms with Gasteiger partial charge in [-0.2, -0.15) is 0 Å². The van der Waals surface area contributed by atoms with E-state index in [4.69, 9.17) is 0 Å². The standard InChI is InChI=1S/C21H20N4O2S/c1-12(2)25-20(27)14-8-4-5-10-16(14)22-21(25)28-11-17-23-18-13(3)7-6-9-15(18)19(26)24-17/h4-10,12H,11H2,1-3H3,(H,23,24,26). The molecule has 0 unspecified atom stereocenters. The van der Waals surface area contributed by atoms with Crippen molar-refractivity contribution < 1.29 is 0 Å². The van der Waals surface area contributed by atoms with E-state index in [1.807, 2.05) is 51.1 Å². The van der Waals surface area contributed by atoms with Crippen molar-refractivity contribution in [3.63, 3.8) is 0 Å². The summed E-state index contributed by atoms with van der Waals surface area (Å²) in [4.78, 5) is 37.4. The molecule has 2 aromatic carbocycles. The molecular weight excluding hydrogens is 372 g/mol. The van der Waals surface area contributed by atoms with Gasteiger partial charge < -0.3 is 4.98 Å². The number of H-pyrrole nitrogens is 1. The molecule has 0 radical (unpaired) electrons. The Bertz CT molecular complexity index is 1310. The van der Waals surface area contributed by atoms with E-state index in [9.17, 15) is 9.59 Å². The zero-order chi connectivity index (χ0) is 19.8. The summed E-state index contributed by atoms with van der Waals surface area (Å²) in [6.45, 7) is 5.86. The molecule has 2 heterocycles. The van der Waals surface area contributed by atoms with Crippen LogP contribution in [0, 0.1) is 6.92 Å². The Hall–Kier alpha value is -2.93. The van der Waals surface area contributed by atoms with E-state index in [0.717, 1.165) is 5.56 Å². The van der Waals surface area contributed by atoms with Gasteiger partial charge in [0.2, 0.25) is 0 Å². The predicted molar refractivity (Wildman–Crippen MR) is 113 cm³/mol. The first kappa shape index (κ1) is 18.4. The lowest BCUT2D eigenvalue weighted by molar-refractivity contribution is 0.519. The monoisotopic (exact) mass is 392 g/mol. The molecular formula is C21H20N4O2S. The van der Waals surface area contributed by atoms with Crippen LogP contribution in [0.15, 0.2) is 57.2 Å². The second kappa shape index (κ2) is 7.24. The van der Waals surface area contributed by atoms with Crippen LogP contribution in [0.5, 0.6) is 0 Å². The Kier molecular flexibility index (Phi) is 4.77. The van der Waals surface area contributed by atoms with Crippen LogP contribution in [0.3, 0.4) is 0 Å². The highest BCUT2D eigenvalue weighted by atomic mass is 32.2. The lowest BCUT2D eigenvalue weighted by Crippen LogP contribution is -2.25. The van der Waals surface area contributed by atoms with Gasteiger partial charge in [0.1, 0.15) is 5.82 Å². The zero-order valence-electron chi connectivity index (χ0n) is 15.9. The highest BCUT2D eigenvalue weighted by Crippen LogP contribution is 2.23. The largest absolute Gasteiger partial charge is 0.309 e. The number of benzene rings is 2. The molecule has 0 amide bonds. The number of thioether (sulfide) groups is 1. The summed E-state index contributed by atoms with van der Waals surface area (Å²) in [7, 11) is 0. The maximum Gasteiger partial charge on any atom is 0.262 e. The van der Waals surface area contributed by atoms with Gasteiger partial charge in [0.25, 0.3) is 11.1 Å². The fraction of sp³-hybridized carbons (Fsp3) is 0.238. The van der Waals surface area contributed by atoms with E-state index < -0.39 is 0 Å². The molecule has 0 saturated heterocycles. The SMILES string of the molecule is Cc1cccc2c(=O)[nH]c(CSc3nc4ccccc4c(=O)n3C(C)C)nc12. The average molecular weight is 392 g/mol. The van der Waals surface area contributed by atoms with Crippen LogP contribution in [0.4, 0.5) is 0 Å². The van der Waals surface area contributed by atoms with E-state index in [-0.39, 0.29) is 17.2 Å². The highest BCUT2D eigenvalue weighted by molar-refractivity contribution is 7.98. The molecule has 4 rings (SSSR count). The second-order valence-corrected chi connectivity index (χ2v) is 7.90. The first-order valence-corrected chi connectivity index (χ1v) is 10.1. The third-order valence-corrected chi connectivity index (χ3v) is 5.58. The molecule has 0 aliphatic carbocycles. The van der Waals surface area contributed by atoms with Gasteiger partial charge in [0.05, 0.1) is 27.6 Å². The minimum absolute atomic E-state index is 0.0297. The highest BCUT2D eigenvalue weighted by Gasteiger charge is 2.15. The lowest BCUT2D eigenvalue weighted by atomic mass is 10.1. The summed E-state index contributed by atoms with van der Waals surface area (Å²) in [5.74, 6) is 0.978. The van der Waals surface area contributed by atoms with Crippen LogP contribution in [-0.4, -0.2) is 19.5 Å². The van der Waals surface area contributed by atoms with Gasteiger partial charge in [0, 0.05) is 6.04 Å². The van der Waals surface area contributed by atoms with Crippen LogP contribution in [-0.2, 0) is 5.75 Å². The van der Waals surface area contributed by atoms with Crippen LogP contribution < -0.4 is 11.1 Å². The van der Waals surface area contributed by atoms with Gasteiger partial charge in [-0.15, -0.1) is 0 Å². The molecule has 0 spiro atoms. The van der Waals surface area contributed by atoms with Crippen LogP contribution >= 0.6 is 11.8 Å². The summed E-state index contributed by atoms with van der Waals surface area (Å²) in [5, 5.41) is 1.80. The molecule has 0 bridgehead atoms. The van der Waals surface area contributed by atoms with Crippen molar-refractivity contribution in [1.29, 1.82) is 0 Å². The van der Waals surface area contributed by atoms with Crippen molar-refractivity contribution >= 4 is 33.6 Å². The molecule has 7 heteroatoms. The molecule has 2 aromatic heterocycles. The molecule has 0 aliphatic rings. The molecule has 1 N–H and O–H groups in total. The van der Waals surface area contributed by atoms with Gasteiger partial charge in [0.15, 0.2) is 5.16 Å². The number of fused-ring (bicyclic) bond motifs is 2. The van der Waals surface area contributed by atoms with Crippen molar-refractivity contribution in [3.8, 4) is 0 Å². The zero-order valence-corrected chi connectivity index (χ0v) is 16.7. The Morgan fingerprint density at radius 3 is 2.57 bits per heavy atom. The number of aromatic amines is 1. The molecule has 28 heavy (non-hydrogen) atoms. The molecule has 4 aromatic rings. The fourth-order valence-corrected chi connectivity index (χ4v) is 4.23. The third-order valence-electron chi connectivity index (χ3n) is 4.62. The second-order valence-electron chi connectivity index (χ2n) is 6.95. The van der Waals surface area contributed by atoms with Crippen molar-refractivity contribution in [2.75, 3.05) is 0 Å². The van der Waals surface area contributed by atoms with Crippen molar-refractivity contribution in [1.82, 2.24) is 19.5 Å². The molecule has 142 valence electrons. The summed E-state index contributed by atoms with van der Waals surface area (Å²) < 4.78 is 1.69. The van der Waals surface area contributed by atoms with Gasteiger partial charge in [-0.25, -0.2) is 9.97 Å². The Morgan fingerprint density at radius 1 is 1.04 bits per heavy atom. The summed E-state index contributed by atoms with van der Waals surface area (Å²) in [6.07, 6.45) is 0. The van der Waals surface area contributed by atoms with Crippen molar-refractivity contribution in [2.45, 2.75) is 37.7 Å². The van der Waals surface area contributed by atoms with Crippen LogP contribution in [0.1, 0.15) is 31.3 Å². The normalized spacial score (nSPS) is 11.6. The van der Waals surface area contributed by atoms with Gasteiger partial charge >= 0.3 is 0 Å². The van der Waals surface area contributed by atoms with Crippen molar-refractivity contribution in [2.24, 2.45) is 0 Å². The maximum absolute atomic E-state index is 12.9. The molecule has 6 nitrogen and oxygen atoms in total. The van der Waals surface area contributed by atoms with Crippen molar-refractivity contribution in [3.05, 3.63) is 74.6 Å². The minimum Gasteiger partial charge on any atom is -0.309 e. The predicted octanol–water partition coefficient (Wildman–Crippen LogP) is 3.81. The molecule has 0 atom stereocenters.